The Kier molecular flexibility index (Phi) is 8.30. The number of anilines is 1. The number of carbonyl (C=O) groups excluding carboxylic acids is 1. The summed E-state index contributed by atoms with van der Waals surface area (Å²) in [4.78, 5) is 27.9. The first-order valence-electron chi connectivity index (χ1n) is 11.3. The minimum absolute atomic E-state index is 0.217. The lowest BCUT2D eigenvalue weighted by Gasteiger charge is -2.35. The van der Waals surface area contributed by atoms with Crippen molar-refractivity contribution >= 4 is 17.7 Å². The van der Waals surface area contributed by atoms with E-state index in [0.717, 1.165) is 82.5 Å². The van der Waals surface area contributed by atoms with Gasteiger partial charge in [0.2, 0.25) is 5.91 Å². The van der Waals surface area contributed by atoms with Gasteiger partial charge in [0.15, 0.2) is 5.96 Å². The van der Waals surface area contributed by atoms with Crippen LogP contribution in [0.3, 0.4) is 0 Å². The maximum absolute atomic E-state index is 11.3. The first kappa shape index (κ1) is 22.3. The van der Waals surface area contributed by atoms with Crippen molar-refractivity contribution in [2.45, 2.75) is 39.7 Å². The highest BCUT2D eigenvalue weighted by Crippen LogP contribution is 2.20. The zero-order valence-corrected chi connectivity index (χ0v) is 18.5. The lowest BCUT2D eigenvalue weighted by Crippen LogP contribution is -2.47. The predicted octanol–water partition coefficient (Wildman–Crippen LogP) is 1.28. The third-order valence-electron chi connectivity index (χ3n) is 6.01. The van der Waals surface area contributed by atoms with Crippen LogP contribution in [0.25, 0.3) is 0 Å². The SMILES string of the molecule is CCNC(=NCc1ccc(N2CCN(CC)CC2)nc1)N1CCCC(CC(N)=O)C1. The van der Waals surface area contributed by atoms with Gasteiger partial charge in [-0.15, -0.1) is 0 Å². The second-order valence-corrected chi connectivity index (χ2v) is 8.24. The molecule has 2 fully saturated rings. The van der Waals surface area contributed by atoms with E-state index in [0.29, 0.717) is 18.9 Å². The molecule has 0 saturated carbocycles. The number of aliphatic imine (C=N–C) groups is 1. The summed E-state index contributed by atoms with van der Waals surface area (Å²) < 4.78 is 0. The summed E-state index contributed by atoms with van der Waals surface area (Å²) in [7, 11) is 0. The Morgan fingerprint density at radius 1 is 1.23 bits per heavy atom. The molecule has 2 aliphatic rings. The molecule has 0 aliphatic carbocycles. The maximum Gasteiger partial charge on any atom is 0.217 e. The number of guanidine groups is 1. The summed E-state index contributed by atoms with van der Waals surface area (Å²) in [6, 6.07) is 4.25. The average Bonchev–Trinajstić information content (AvgIpc) is 2.77. The van der Waals surface area contributed by atoms with Gasteiger partial charge in [-0.05, 0) is 43.9 Å². The average molecular weight is 416 g/mol. The van der Waals surface area contributed by atoms with Crippen molar-refractivity contribution in [1.82, 2.24) is 20.1 Å². The van der Waals surface area contributed by atoms with Crippen molar-refractivity contribution in [2.24, 2.45) is 16.6 Å². The molecular formula is C22H37N7O. The van der Waals surface area contributed by atoms with Crippen LogP contribution in [0.5, 0.6) is 0 Å². The zero-order valence-electron chi connectivity index (χ0n) is 18.5. The summed E-state index contributed by atoms with van der Waals surface area (Å²) in [5.41, 5.74) is 6.51. The summed E-state index contributed by atoms with van der Waals surface area (Å²) in [6.07, 6.45) is 4.51. The highest BCUT2D eigenvalue weighted by atomic mass is 16.1. The third-order valence-corrected chi connectivity index (χ3v) is 6.01. The number of nitrogens with zero attached hydrogens (tertiary/aromatic N) is 5. The Balaban J connectivity index is 1.58. The second-order valence-electron chi connectivity index (χ2n) is 8.24. The summed E-state index contributed by atoms with van der Waals surface area (Å²) >= 11 is 0. The molecule has 1 amide bonds. The monoisotopic (exact) mass is 415 g/mol. The number of hydrogen-bond acceptors (Lipinski definition) is 5. The Labute approximate surface area is 180 Å². The van der Waals surface area contributed by atoms with Crippen LogP contribution in [0.2, 0.25) is 0 Å². The zero-order chi connectivity index (χ0) is 21.3. The van der Waals surface area contributed by atoms with Crippen molar-refractivity contribution in [1.29, 1.82) is 0 Å². The smallest absolute Gasteiger partial charge is 0.217 e. The number of piperazine rings is 1. The first-order chi connectivity index (χ1) is 14.6. The van der Waals surface area contributed by atoms with Crippen LogP contribution in [-0.4, -0.2) is 79.0 Å². The largest absolute Gasteiger partial charge is 0.370 e. The van der Waals surface area contributed by atoms with Crippen LogP contribution in [0.4, 0.5) is 5.82 Å². The van der Waals surface area contributed by atoms with E-state index in [1.54, 1.807) is 0 Å². The number of nitrogens with one attached hydrogen (secondary N) is 1. The molecule has 30 heavy (non-hydrogen) atoms. The van der Waals surface area contributed by atoms with Gasteiger partial charge < -0.3 is 25.8 Å². The van der Waals surface area contributed by atoms with Gasteiger partial charge in [-0.25, -0.2) is 9.98 Å². The molecule has 0 radical (unpaired) electrons. The number of nitrogens with two attached hydrogens (primary N) is 1. The Bertz CT molecular complexity index is 698. The van der Waals surface area contributed by atoms with Crippen LogP contribution in [0.1, 0.15) is 38.7 Å². The molecule has 3 N–H and O–H groups in total. The summed E-state index contributed by atoms with van der Waals surface area (Å²) in [5.74, 6) is 2.06. The number of likely N-dealkylation sites (N-methyl/N-ethyl adjacent to an activating group) is 1. The standard InChI is InChI=1S/C22H37N7O/c1-3-24-22(29-9-5-6-18(17-29)14-20(23)30)26-16-19-7-8-21(25-15-19)28-12-10-27(4-2)11-13-28/h7-8,15,18H,3-6,9-14,16-17H2,1-2H3,(H2,23,30)(H,24,26). The van der Waals surface area contributed by atoms with E-state index in [1.807, 2.05) is 6.20 Å². The molecule has 166 valence electrons. The van der Waals surface area contributed by atoms with Gasteiger partial charge in [-0.2, -0.15) is 0 Å². The molecule has 0 aromatic carbocycles. The van der Waals surface area contributed by atoms with E-state index in [1.165, 1.54) is 0 Å². The maximum atomic E-state index is 11.3. The van der Waals surface area contributed by atoms with E-state index >= 15 is 0 Å². The summed E-state index contributed by atoms with van der Waals surface area (Å²) in [5, 5.41) is 3.40. The molecule has 2 aliphatic heterocycles. The van der Waals surface area contributed by atoms with Crippen LogP contribution < -0.4 is 16.0 Å². The molecule has 1 aromatic heterocycles. The highest BCUT2D eigenvalue weighted by molar-refractivity contribution is 5.80. The van der Waals surface area contributed by atoms with Crippen molar-refractivity contribution in [3.05, 3.63) is 23.9 Å². The first-order valence-corrected chi connectivity index (χ1v) is 11.3. The molecule has 1 atom stereocenters. The van der Waals surface area contributed by atoms with Crippen molar-refractivity contribution in [2.75, 3.05) is 57.3 Å². The normalized spacial score (nSPS) is 21.0. The molecular weight excluding hydrogens is 378 g/mol. The molecule has 3 heterocycles. The Morgan fingerprint density at radius 3 is 2.67 bits per heavy atom. The second kappa shape index (κ2) is 11.2. The van der Waals surface area contributed by atoms with Gasteiger partial charge in [0, 0.05) is 58.4 Å². The van der Waals surface area contributed by atoms with Gasteiger partial charge in [-0.1, -0.05) is 13.0 Å². The van der Waals surface area contributed by atoms with E-state index in [9.17, 15) is 4.79 Å². The number of hydrogen-bond donors (Lipinski definition) is 2. The third kappa shape index (κ3) is 6.32. The van der Waals surface area contributed by atoms with Crippen LogP contribution in [0.15, 0.2) is 23.3 Å². The Morgan fingerprint density at radius 2 is 2.03 bits per heavy atom. The van der Waals surface area contributed by atoms with Crippen molar-refractivity contribution in [3.63, 3.8) is 0 Å². The fraction of sp³-hybridized carbons (Fsp3) is 0.682. The number of amides is 1. The van der Waals surface area contributed by atoms with Gasteiger partial charge in [-0.3, -0.25) is 4.79 Å². The molecule has 1 unspecified atom stereocenters. The summed E-state index contributed by atoms with van der Waals surface area (Å²) in [6.45, 7) is 12.9. The number of pyridine rings is 1. The molecule has 8 nitrogen and oxygen atoms in total. The van der Waals surface area contributed by atoms with E-state index in [-0.39, 0.29) is 5.91 Å². The topological polar surface area (TPSA) is 90.1 Å². The highest BCUT2D eigenvalue weighted by Gasteiger charge is 2.23. The minimum atomic E-state index is -0.217. The van der Waals surface area contributed by atoms with Crippen molar-refractivity contribution in [3.8, 4) is 0 Å². The van der Waals surface area contributed by atoms with Crippen molar-refractivity contribution < 1.29 is 4.79 Å². The number of carbonyl (C=O) groups is 1. The Hall–Kier alpha value is -2.35. The number of piperidine rings is 1. The van der Waals surface area contributed by atoms with E-state index in [4.69, 9.17) is 10.7 Å². The number of primary amides is 1. The molecule has 8 heteroatoms. The predicted molar refractivity (Wildman–Crippen MR) is 121 cm³/mol. The van der Waals surface area contributed by atoms with Gasteiger partial charge in [0.1, 0.15) is 5.82 Å². The minimum Gasteiger partial charge on any atom is -0.370 e. The molecule has 2 saturated heterocycles. The quantitative estimate of drug-likeness (QED) is 0.515. The fourth-order valence-corrected chi connectivity index (χ4v) is 4.29. The lowest BCUT2D eigenvalue weighted by molar-refractivity contribution is -0.119. The van der Waals surface area contributed by atoms with Gasteiger partial charge >= 0.3 is 0 Å². The van der Waals surface area contributed by atoms with E-state index < -0.39 is 0 Å². The van der Waals surface area contributed by atoms with Crippen LogP contribution in [0, 0.1) is 5.92 Å². The lowest BCUT2D eigenvalue weighted by atomic mass is 9.95. The number of aromatic nitrogens is 1. The molecule has 1 aromatic rings. The molecule has 0 spiro atoms. The number of rotatable bonds is 7. The molecule has 0 bridgehead atoms. The molecule has 3 rings (SSSR count). The van der Waals surface area contributed by atoms with E-state index in [2.05, 4.69) is 51.0 Å². The van der Waals surface area contributed by atoms with Gasteiger partial charge in [0.05, 0.1) is 6.54 Å². The van der Waals surface area contributed by atoms with Crippen LogP contribution >= 0.6 is 0 Å². The fourth-order valence-electron chi connectivity index (χ4n) is 4.29. The van der Waals surface area contributed by atoms with Crippen LogP contribution in [-0.2, 0) is 11.3 Å². The number of likely N-dealkylation sites (tertiary alicyclic amines) is 1. The van der Waals surface area contributed by atoms with Gasteiger partial charge in [0.25, 0.3) is 0 Å².